The number of likely N-dealkylation sites (N-methyl/N-ethyl adjacent to an activating group) is 1. The Hall–Kier alpha value is -0.460. The average molecular weight is 289 g/mol. The number of amides is 1. The third-order valence-electron chi connectivity index (χ3n) is 3.45. The molecule has 0 aromatic rings. The van der Waals surface area contributed by atoms with Crippen molar-refractivity contribution in [1.29, 1.82) is 0 Å². The molecule has 1 saturated heterocycles. The second kappa shape index (κ2) is 7.97. The summed E-state index contributed by atoms with van der Waals surface area (Å²) >= 11 is 0. The van der Waals surface area contributed by atoms with Crippen LogP contribution < -0.4 is 5.32 Å². The van der Waals surface area contributed by atoms with Gasteiger partial charge in [-0.05, 0) is 19.8 Å². The summed E-state index contributed by atoms with van der Waals surface area (Å²) < 4.78 is 11.2. The van der Waals surface area contributed by atoms with Gasteiger partial charge in [-0.25, -0.2) is 0 Å². The van der Waals surface area contributed by atoms with Gasteiger partial charge < -0.3 is 10.2 Å². The monoisotopic (exact) mass is 289 g/mol. The van der Waals surface area contributed by atoms with Crippen LogP contribution in [0.5, 0.6) is 0 Å². The Kier molecular flexibility index (Phi) is 6.96. The van der Waals surface area contributed by atoms with Crippen molar-refractivity contribution in [2.75, 3.05) is 45.7 Å². The van der Waals surface area contributed by atoms with Crippen LogP contribution in [0.25, 0.3) is 0 Å². The van der Waals surface area contributed by atoms with E-state index in [1.807, 2.05) is 0 Å². The fourth-order valence-electron chi connectivity index (χ4n) is 2.39. The average Bonchev–Trinajstić information content (AvgIpc) is 2.30. The highest BCUT2D eigenvalue weighted by atomic mass is 32.2. The minimum atomic E-state index is -0.743. The van der Waals surface area contributed by atoms with Crippen molar-refractivity contribution in [1.82, 2.24) is 15.1 Å². The maximum atomic E-state index is 11.6. The van der Waals surface area contributed by atoms with Crippen LogP contribution in [-0.2, 0) is 15.6 Å². The molecule has 0 radical (unpaired) electrons. The molecule has 1 amide bonds. The van der Waals surface area contributed by atoms with Crippen molar-refractivity contribution in [3.8, 4) is 0 Å². The molecule has 6 heteroatoms. The van der Waals surface area contributed by atoms with Crippen molar-refractivity contribution in [3.63, 3.8) is 0 Å². The predicted molar refractivity (Wildman–Crippen MR) is 79.7 cm³/mol. The summed E-state index contributed by atoms with van der Waals surface area (Å²) in [5.41, 5.74) is 0. The zero-order chi connectivity index (χ0) is 14.4. The highest BCUT2D eigenvalue weighted by Gasteiger charge is 2.22. The first-order valence-electron chi connectivity index (χ1n) is 6.87. The van der Waals surface area contributed by atoms with E-state index in [9.17, 15) is 9.00 Å². The SMILES string of the molecule is CC(CS(C)=O)NC1CCN(CC(=O)N(C)C)CC1. The minimum Gasteiger partial charge on any atom is -0.348 e. The van der Waals surface area contributed by atoms with Crippen molar-refractivity contribution >= 4 is 16.7 Å². The second-order valence-corrected chi connectivity index (χ2v) is 7.13. The number of hydrogen-bond donors (Lipinski definition) is 1. The normalized spacial score (nSPS) is 21.1. The van der Waals surface area contributed by atoms with Crippen LogP contribution in [0.15, 0.2) is 0 Å². The minimum absolute atomic E-state index is 0.168. The van der Waals surface area contributed by atoms with E-state index in [4.69, 9.17) is 0 Å². The first-order valence-corrected chi connectivity index (χ1v) is 8.59. The molecule has 1 aliphatic heterocycles. The van der Waals surface area contributed by atoms with Gasteiger partial charge in [0.05, 0.1) is 6.54 Å². The Morgan fingerprint density at radius 1 is 1.42 bits per heavy atom. The lowest BCUT2D eigenvalue weighted by Crippen LogP contribution is -2.48. The molecule has 1 heterocycles. The molecule has 0 aromatic heterocycles. The predicted octanol–water partition coefficient (Wildman–Crippen LogP) is -0.104. The van der Waals surface area contributed by atoms with Gasteiger partial charge in [0.25, 0.3) is 0 Å². The Balaban J connectivity index is 2.25. The van der Waals surface area contributed by atoms with Crippen LogP contribution in [0.1, 0.15) is 19.8 Å². The summed E-state index contributed by atoms with van der Waals surface area (Å²) in [5.74, 6) is 0.875. The fraction of sp³-hybridized carbons (Fsp3) is 0.923. The Morgan fingerprint density at radius 2 is 2.00 bits per heavy atom. The summed E-state index contributed by atoms with van der Waals surface area (Å²) in [6.45, 7) is 4.52. The van der Waals surface area contributed by atoms with Gasteiger partial charge in [-0.2, -0.15) is 0 Å². The van der Waals surface area contributed by atoms with Crippen LogP contribution in [0.2, 0.25) is 0 Å². The molecule has 0 aromatic carbocycles. The summed E-state index contributed by atoms with van der Waals surface area (Å²) in [6.07, 6.45) is 3.86. The van der Waals surface area contributed by atoms with Gasteiger partial charge >= 0.3 is 0 Å². The third kappa shape index (κ3) is 6.49. The van der Waals surface area contributed by atoms with Gasteiger partial charge in [0, 0.05) is 62.1 Å². The lowest BCUT2D eigenvalue weighted by molar-refractivity contribution is -0.130. The van der Waals surface area contributed by atoms with Crippen LogP contribution in [0.4, 0.5) is 0 Å². The molecule has 1 aliphatic rings. The van der Waals surface area contributed by atoms with Gasteiger partial charge in [0.15, 0.2) is 0 Å². The molecule has 0 spiro atoms. The standard InChI is InChI=1S/C13H27N3O2S/c1-11(10-19(4)18)14-12-5-7-16(8-6-12)9-13(17)15(2)3/h11-12,14H,5-10H2,1-4H3. The first-order chi connectivity index (χ1) is 8.88. The molecular formula is C13H27N3O2S. The number of nitrogens with zero attached hydrogens (tertiary/aromatic N) is 2. The first kappa shape index (κ1) is 16.6. The van der Waals surface area contributed by atoms with Crippen LogP contribution in [0.3, 0.4) is 0 Å². The fourth-order valence-corrected chi connectivity index (χ4v) is 3.19. The van der Waals surface area contributed by atoms with Crippen LogP contribution >= 0.6 is 0 Å². The Labute approximate surface area is 119 Å². The molecule has 2 unspecified atom stereocenters. The largest absolute Gasteiger partial charge is 0.348 e. The van der Waals surface area contributed by atoms with Crippen LogP contribution in [-0.4, -0.2) is 77.7 Å². The number of nitrogens with one attached hydrogen (secondary N) is 1. The van der Waals surface area contributed by atoms with Crippen LogP contribution in [0, 0.1) is 0 Å². The van der Waals surface area contributed by atoms with E-state index in [0.29, 0.717) is 24.4 Å². The highest BCUT2D eigenvalue weighted by Crippen LogP contribution is 2.11. The molecule has 2 atom stereocenters. The van der Waals surface area contributed by atoms with E-state index in [0.717, 1.165) is 25.9 Å². The lowest BCUT2D eigenvalue weighted by Gasteiger charge is -2.33. The van der Waals surface area contributed by atoms with E-state index in [1.54, 1.807) is 25.3 Å². The van der Waals surface area contributed by atoms with E-state index >= 15 is 0 Å². The smallest absolute Gasteiger partial charge is 0.236 e. The number of rotatable bonds is 6. The van der Waals surface area contributed by atoms with Gasteiger partial charge in [0.1, 0.15) is 0 Å². The molecule has 0 saturated carbocycles. The number of likely N-dealkylation sites (tertiary alicyclic amines) is 1. The van der Waals surface area contributed by atoms with Crippen molar-refractivity contribution in [2.24, 2.45) is 0 Å². The lowest BCUT2D eigenvalue weighted by atomic mass is 10.0. The molecule has 1 N–H and O–H groups in total. The number of piperidine rings is 1. The second-order valence-electron chi connectivity index (χ2n) is 5.65. The number of carbonyl (C=O) groups excluding carboxylic acids is 1. The van der Waals surface area contributed by atoms with Crippen molar-refractivity contribution in [2.45, 2.75) is 31.8 Å². The maximum absolute atomic E-state index is 11.6. The Bertz CT molecular complexity index is 315. The van der Waals surface area contributed by atoms with Gasteiger partial charge in [-0.3, -0.25) is 13.9 Å². The third-order valence-corrected chi connectivity index (χ3v) is 4.42. The Morgan fingerprint density at radius 3 is 2.47 bits per heavy atom. The maximum Gasteiger partial charge on any atom is 0.236 e. The van der Waals surface area contributed by atoms with E-state index in [2.05, 4.69) is 17.1 Å². The zero-order valence-corrected chi connectivity index (χ0v) is 13.3. The van der Waals surface area contributed by atoms with E-state index in [-0.39, 0.29) is 5.91 Å². The van der Waals surface area contributed by atoms with Gasteiger partial charge in [-0.15, -0.1) is 0 Å². The zero-order valence-electron chi connectivity index (χ0n) is 12.5. The quantitative estimate of drug-likeness (QED) is 0.742. The van der Waals surface area contributed by atoms with Gasteiger partial charge in [-0.1, -0.05) is 0 Å². The summed E-state index contributed by atoms with van der Waals surface area (Å²) in [5, 5.41) is 3.53. The van der Waals surface area contributed by atoms with Gasteiger partial charge in [0.2, 0.25) is 5.91 Å². The van der Waals surface area contributed by atoms with E-state index in [1.165, 1.54) is 0 Å². The topological polar surface area (TPSA) is 52.7 Å². The summed E-state index contributed by atoms with van der Waals surface area (Å²) in [4.78, 5) is 15.5. The molecule has 112 valence electrons. The summed E-state index contributed by atoms with van der Waals surface area (Å²) in [6, 6.07) is 0.787. The molecule has 1 fully saturated rings. The van der Waals surface area contributed by atoms with Crippen molar-refractivity contribution in [3.05, 3.63) is 0 Å². The van der Waals surface area contributed by atoms with Crippen molar-refractivity contribution < 1.29 is 9.00 Å². The molecule has 19 heavy (non-hydrogen) atoms. The number of hydrogen-bond acceptors (Lipinski definition) is 4. The molecule has 0 bridgehead atoms. The van der Waals surface area contributed by atoms with E-state index < -0.39 is 10.8 Å². The summed E-state index contributed by atoms with van der Waals surface area (Å²) in [7, 11) is 2.85. The number of carbonyl (C=O) groups is 1. The molecule has 1 rings (SSSR count). The highest BCUT2D eigenvalue weighted by molar-refractivity contribution is 7.84. The molecule has 0 aliphatic carbocycles. The molecule has 5 nitrogen and oxygen atoms in total. The molecular weight excluding hydrogens is 262 g/mol.